The molecule has 0 aliphatic carbocycles. The van der Waals surface area contributed by atoms with E-state index in [1.54, 1.807) is 24.5 Å². The van der Waals surface area contributed by atoms with Crippen molar-refractivity contribution in [2.75, 3.05) is 12.4 Å². The van der Waals surface area contributed by atoms with Crippen LogP contribution in [0.5, 0.6) is 5.75 Å². The fourth-order valence-electron chi connectivity index (χ4n) is 1.95. The molecule has 3 rings (SSSR count). The van der Waals surface area contributed by atoms with Crippen LogP contribution in [0.25, 0.3) is 11.5 Å². The van der Waals surface area contributed by atoms with E-state index in [1.807, 2.05) is 12.1 Å². The molecule has 0 unspecified atom stereocenters. The lowest BCUT2D eigenvalue weighted by Crippen LogP contribution is -1.98. The van der Waals surface area contributed by atoms with Crippen LogP contribution in [0.15, 0.2) is 58.4 Å². The molecule has 0 saturated heterocycles. The van der Waals surface area contributed by atoms with Gasteiger partial charge in [-0.2, -0.15) is 0 Å². The molecule has 25 heavy (non-hydrogen) atoms. The van der Waals surface area contributed by atoms with Gasteiger partial charge in [-0.15, -0.1) is 10.2 Å². The standard InChI is InChI=1S/C16H14N4O4S/c21-20(22)13-4-6-14(7-5-13)23-9-2-10-25-16-19-18-15(24-16)12-3-1-8-17-11-12/h1,3-8,11H,2,9-10H2. The molecule has 0 aliphatic heterocycles. The summed E-state index contributed by atoms with van der Waals surface area (Å²) < 4.78 is 11.1. The number of ether oxygens (including phenoxy) is 1. The number of benzene rings is 1. The van der Waals surface area contributed by atoms with Gasteiger partial charge >= 0.3 is 0 Å². The second-order valence-corrected chi connectivity index (χ2v) is 5.96. The third-order valence-electron chi connectivity index (χ3n) is 3.15. The number of rotatable bonds is 8. The quantitative estimate of drug-likeness (QED) is 0.260. The molecule has 0 radical (unpaired) electrons. The summed E-state index contributed by atoms with van der Waals surface area (Å²) in [4.78, 5) is 14.1. The van der Waals surface area contributed by atoms with Gasteiger partial charge in [-0.1, -0.05) is 11.8 Å². The van der Waals surface area contributed by atoms with Gasteiger partial charge in [0.1, 0.15) is 5.75 Å². The molecular formula is C16H14N4O4S. The summed E-state index contributed by atoms with van der Waals surface area (Å²) in [6.07, 6.45) is 4.12. The number of aromatic nitrogens is 3. The van der Waals surface area contributed by atoms with Crippen LogP contribution in [-0.4, -0.2) is 32.5 Å². The molecule has 9 heteroatoms. The first-order valence-corrected chi connectivity index (χ1v) is 8.45. The molecule has 3 aromatic rings. The van der Waals surface area contributed by atoms with Crippen LogP contribution in [0.4, 0.5) is 5.69 Å². The monoisotopic (exact) mass is 358 g/mol. The first-order valence-electron chi connectivity index (χ1n) is 7.46. The number of hydrogen-bond donors (Lipinski definition) is 0. The number of hydrogen-bond acceptors (Lipinski definition) is 8. The van der Waals surface area contributed by atoms with Crippen LogP contribution < -0.4 is 4.74 Å². The highest BCUT2D eigenvalue weighted by Gasteiger charge is 2.09. The maximum absolute atomic E-state index is 10.6. The number of non-ortho nitro benzene ring substituents is 1. The molecule has 2 aromatic heterocycles. The molecular weight excluding hydrogens is 344 g/mol. The Hall–Kier alpha value is -2.94. The first-order chi connectivity index (χ1) is 12.2. The van der Waals surface area contributed by atoms with E-state index in [0.717, 1.165) is 17.7 Å². The van der Waals surface area contributed by atoms with Gasteiger partial charge in [-0.05, 0) is 30.7 Å². The lowest BCUT2D eigenvalue weighted by Gasteiger charge is -2.04. The second-order valence-electron chi connectivity index (χ2n) is 4.92. The minimum Gasteiger partial charge on any atom is -0.494 e. The fraction of sp³-hybridized carbons (Fsp3) is 0.188. The summed E-state index contributed by atoms with van der Waals surface area (Å²) in [5.41, 5.74) is 0.826. The van der Waals surface area contributed by atoms with E-state index in [4.69, 9.17) is 9.15 Å². The van der Waals surface area contributed by atoms with Gasteiger partial charge in [0.2, 0.25) is 5.89 Å². The Morgan fingerprint density at radius 2 is 2.04 bits per heavy atom. The number of thioether (sulfide) groups is 1. The number of nitro benzene ring substituents is 1. The van der Waals surface area contributed by atoms with Crippen molar-refractivity contribution in [2.24, 2.45) is 0 Å². The van der Waals surface area contributed by atoms with E-state index in [1.165, 1.54) is 23.9 Å². The van der Waals surface area contributed by atoms with Gasteiger partial charge in [0.05, 0.1) is 17.1 Å². The van der Waals surface area contributed by atoms with Gasteiger partial charge < -0.3 is 9.15 Å². The summed E-state index contributed by atoms with van der Waals surface area (Å²) in [7, 11) is 0. The maximum atomic E-state index is 10.6. The topological polar surface area (TPSA) is 104 Å². The Morgan fingerprint density at radius 1 is 1.20 bits per heavy atom. The minimum absolute atomic E-state index is 0.0451. The van der Waals surface area contributed by atoms with Crippen LogP contribution in [0.3, 0.4) is 0 Å². The summed E-state index contributed by atoms with van der Waals surface area (Å²) in [5.74, 6) is 1.80. The molecule has 0 bridgehead atoms. The van der Waals surface area contributed by atoms with Gasteiger partial charge in [0, 0.05) is 30.3 Å². The van der Waals surface area contributed by atoms with E-state index >= 15 is 0 Å². The third-order valence-corrected chi connectivity index (χ3v) is 4.05. The fourth-order valence-corrected chi connectivity index (χ4v) is 2.62. The van der Waals surface area contributed by atoms with Crippen molar-refractivity contribution in [1.82, 2.24) is 15.2 Å². The predicted molar refractivity (Wildman–Crippen MR) is 91.5 cm³/mol. The van der Waals surface area contributed by atoms with Crippen LogP contribution in [-0.2, 0) is 0 Å². The van der Waals surface area contributed by atoms with Gasteiger partial charge in [-0.3, -0.25) is 15.1 Å². The summed E-state index contributed by atoms with van der Waals surface area (Å²) in [5, 5.41) is 19.1. The van der Waals surface area contributed by atoms with Gasteiger partial charge in [0.15, 0.2) is 0 Å². The van der Waals surface area contributed by atoms with Crippen LogP contribution in [0.2, 0.25) is 0 Å². The lowest BCUT2D eigenvalue weighted by molar-refractivity contribution is -0.384. The van der Waals surface area contributed by atoms with E-state index in [2.05, 4.69) is 15.2 Å². The van der Waals surface area contributed by atoms with Crippen molar-refractivity contribution < 1.29 is 14.1 Å². The molecule has 0 aliphatic rings. The number of nitrogens with zero attached hydrogens (tertiary/aromatic N) is 4. The van der Waals surface area contributed by atoms with E-state index in [0.29, 0.717) is 23.5 Å². The average Bonchev–Trinajstić information content (AvgIpc) is 3.11. The molecule has 8 nitrogen and oxygen atoms in total. The van der Waals surface area contributed by atoms with Crippen molar-refractivity contribution in [1.29, 1.82) is 0 Å². The summed E-state index contributed by atoms with van der Waals surface area (Å²) >= 11 is 1.45. The second kappa shape index (κ2) is 8.25. The van der Waals surface area contributed by atoms with Crippen LogP contribution in [0, 0.1) is 10.1 Å². The highest BCUT2D eigenvalue weighted by molar-refractivity contribution is 7.99. The Bertz CT molecular complexity index is 824. The highest BCUT2D eigenvalue weighted by atomic mass is 32.2. The zero-order chi connectivity index (χ0) is 17.5. The Labute approximate surface area is 147 Å². The third kappa shape index (κ3) is 4.77. The Balaban J connectivity index is 1.40. The predicted octanol–water partition coefficient (Wildman–Crippen LogP) is 3.60. The van der Waals surface area contributed by atoms with Crippen molar-refractivity contribution >= 4 is 17.4 Å². The summed E-state index contributed by atoms with van der Waals surface area (Å²) in [6.45, 7) is 0.494. The van der Waals surface area contributed by atoms with Crippen molar-refractivity contribution in [2.45, 2.75) is 11.6 Å². The van der Waals surface area contributed by atoms with Crippen LogP contribution >= 0.6 is 11.8 Å². The van der Waals surface area contributed by atoms with E-state index in [9.17, 15) is 10.1 Å². The van der Waals surface area contributed by atoms with E-state index in [-0.39, 0.29) is 5.69 Å². The average molecular weight is 358 g/mol. The Kier molecular flexibility index (Phi) is 5.57. The van der Waals surface area contributed by atoms with Gasteiger partial charge in [-0.25, -0.2) is 0 Å². The molecule has 2 heterocycles. The molecule has 0 atom stereocenters. The summed E-state index contributed by atoms with van der Waals surface area (Å²) in [6, 6.07) is 9.67. The van der Waals surface area contributed by atoms with E-state index < -0.39 is 4.92 Å². The smallest absolute Gasteiger partial charge is 0.276 e. The lowest BCUT2D eigenvalue weighted by atomic mass is 10.3. The molecule has 1 aromatic carbocycles. The minimum atomic E-state index is -0.440. The van der Waals surface area contributed by atoms with Crippen molar-refractivity contribution in [3.63, 3.8) is 0 Å². The SMILES string of the molecule is O=[N+]([O-])c1ccc(OCCCSc2nnc(-c3cccnc3)o2)cc1. The van der Waals surface area contributed by atoms with Crippen molar-refractivity contribution in [3.05, 3.63) is 58.9 Å². The maximum Gasteiger partial charge on any atom is 0.276 e. The molecule has 0 saturated carbocycles. The first kappa shape index (κ1) is 16.9. The number of nitro groups is 1. The molecule has 0 amide bonds. The highest BCUT2D eigenvalue weighted by Crippen LogP contribution is 2.23. The Morgan fingerprint density at radius 3 is 2.76 bits per heavy atom. The molecule has 0 fully saturated rings. The zero-order valence-corrected chi connectivity index (χ0v) is 13.9. The zero-order valence-electron chi connectivity index (χ0n) is 13.1. The van der Waals surface area contributed by atoms with Crippen LogP contribution in [0.1, 0.15) is 6.42 Å². The molecule has 0 spiro atoms. The molecule has 0 N–H and O–H groups in total. The van der Waals surface area contributed by atoms with Crippen molar-refractivity contribution in [3.8, 4) is 17.2 Å². The normalized spacial score (nSPS) is 10.6. The molecule has 128 valence electrons. The largest absolute Gasteiger partial charge is 0.494 e. The van der Waals surface area contributed by atoms with Gasteiger partial charge in [0.25, 0.3) is 10.9 Å². The number of pyridine rings is 1.